The van der Waals surface area contributed by atoms with E-state index in [1.807, 2.05) is 69.2 Å². The lowest BCUT2D eigenvalue weighted by Crippen LogP contribution is -2.36. The van der Waals surface area contributed by atoms with Crippen LogP contribution in [0.25, 0.3) is 0 Å². The molecule has 0 saturated heterocycles. The maximum absolute atomic E-state index is 13.1. The SMILES string of the molecule is Cc1ccc(S(=O)(=O)N(CCN(C)C)c2ccccc2)cc1C. The average molecular weight is 332 g/mol. The molecular weight excluding hydrogens is 308 g/mol. The Morgan fingerprint density at radius 3 is 2.09 bits per heavy atom. The number of para-hydroxylation sites is 1. The van der Waals surface area contributed by atoms with Crippen LogP contribution in [0, 0.1) is 13.8 Å². The zero-order chi connectivity index (χ0) is 17.0. The van der Waals surface area contributed by atoms with Crippen LogP contribution in [0.4, 0.5) is 5.69 Å². The molecule has 0 unspecified atom stereocenters. The standard InChI is InChI=1S/C18H24N2O2S/c1-15-10-11-18(14-16(15)2)23(21,22)20(13-12-19(3)4)17-8-6-5-7-9-17/h5-11,14H,12-13H2,1-4H3. The molecule has 0 spiro atoms. The van der Waals surface area contributed by atoms with Crippen LogP contribution in [0.1, 0.15) is 11.1 Å². The monoisotopic (exact) mass is 332 g/mol. The van der Waals surface area contributed by atoms with Crippen LogP contribution >= 0.6 is 0 Å². The summed E-state index contributed by atoms with van der Waals surface area (Å²) in [6.07, 6.45) is 0. The van der Waals surface area contributed by atoms with Gasteiger partial charge in [0.1, 0.15) is 0 Å². The summed E-state index contributed by atoms with van der Waals surface area (Å²) in [4.78, 5) is 2.31. The van der Waals surface area contributed by atoms with Crippen molar-refractivity contribution < 1.29 is 8.42 Å². The number of rotatable bonds is 6. The molecule has 2 rings (SSSR count). The lowest BCUT2D eigenvalue weighted by Gasteiger charge is -2.26. The van der Waals surface area contributed by atoms with Crippen molar-refractivity contribution in [1.29, 1.82) is 0 Å². The number of aryl methyl sites for hydroxylation is 2. The topological polar surface area (TPSA) is 40.6 Å². The van der Waals surface area contributed by atoms with E-state index < -0.39 is 10.0 Å². The van der Waals surface area contributed by atoms with Crippen molar-refractivity contribution in [2.75, 3.05) is 31.5 Å². The van der Waals surface area contributed by atoms with E-state index in [1.54, 1.807) is 12.1 Å². The molecular formula is C18H24N2O2S. The Balaban J connectivity index is 2.45. The molecule has 2 aromatic carbocycles. The quantitative estimate of drug-likeness (QED) is 0.816. The highest BCUT2D eigenvalue weighted by atomic mass is 32.2. The lowest BCUT2D eigenvalue weighted by atomic mass is 10.1. The molecule has 2 aromatic rings. The Labute approximate surface area is 139 Å². The van der Waals surface area contributed by atoms with Crippen LogP contribution in [0.2, 0.25) is 0 Å². The highest BCUT2D eigenvalue weighted by Crippen LogP contribution is 2.24. The number of nitrogens with zero attached hydrogens (tertiary/aromatic N) is 2. The van der Waals surface area contributed by atoms with Gasteiger partial charge in [-0.05, 0) is 63.3 Å². The van der Waals surface area contributed by atoms with Gasteiger partial charge in [0.2, 0.25) is 0 Å². The number of anilines is 1. The minimum atomic E-state index is -3.58. The molecule has 0 aromatic heterocycles. The Kier molecular flexibility index (Phi) is 5.44. The van der Waals surface area contributed by atoms with Crippen molar-refractivity contribution in [3.05, 3.63) is 59.7 Å². The second-order valence-corrected chi connectivity index (χ2v) is 7.82. The second kappa shape index (κ2) is 7.15. The third-order valence-electron chi connectivity index (χ3n) is 3.86. The Bertz CT molecular complexity index is 756. The van der Waals surface area contributed by atoms with Crippen LogP contribution in [0.3, 0.4) is 0 Å². The normalized spacial score (nSPS) is 11.7. The molecule has 0 N–H and O–H groups in total. The molecule has 0 saturated carbocycles. The Morgan fingerprint density at radius 1 is 0.870 bits per heavy atom. The van der Waals surface area contributed by atoms with E-state index in [0.717, 1.165) is 11.1 Å². The van der Waals surface area contributed by atoms with E-state index in [-0.39, 0.29) is 0 Å². The zero-order valence-corrected chi connectivity index (χ0v) is 15.0. The molecule has 0 heterocycles. The van der Waals surface area contributed by atoms with Gasteiger partial charge in [0.15, 0.2) is 0 Å². The van der Waals surface area contributed by atoms with Crippen molar-refractivity contribution in [2.24, 2.45) is 0 Å². The summed E-state index contributed by atoms with van der Waals surface area (Å²) in [5.41, 5.74) is 2.75. The highest BCUT2D eigenvalue weighted by molar-refractivity contribution is 7.92. The largest absolute Gasteiger partial charge is 0.308 e. The number of likely N-dealkylation sites (N-methyl/N-ethyl adjacent to an activating group) is 1. The summed E-state index contributed by atoms with van der Waals surface area (Å²) in [5.74, 6) is 0. The Hall–Kier alpha value is -1.85. The molecule has 0 bridgehead atoms. The fraction of sp³-hybridized carbons (Fsp3) is 0.333. The molecule has 124 valence electrons. The second-order valence-electron chi connectivity index (χ2n) is 5.96. The number of hydrogen-bond acceptors (Lipinski definition) is 3. The van der Waals surface area contributed by atoms with Gasteiger partial charge in [0.05, 0.1) is 10.6 Å². The van der Waals surface area contributed by atoms with Gasteiger partial charge < -0.3 is 4.90 Å². The molecule has 4 nitrogen and oxygen atoms in total. The van der Waals surface area contributed by atoms with Gasteiger partial charge >= 0.3 is 0 Å². The first kappa shape index (κ1) is 17.5. The Morgan fingerprint density at radius 2 is 1.52 bits per heavy atom. The maximum atomic E-state index is 13.1. The van der Waals surface area contributed by atoms with Crippen molar-refractivity contribution >= 4 is 15.7 Å². The first-order chi connectivity index (χ1) is 10.8. The minimum Gasteiger partial charge on any atom is -0.308 e. The summed E-state index contributed by atoms with van der Waals surface area (Å²) < 4.78 is 27.7. The lowest BCUT2D eigenvalue weighted by molar-refractivity contribution is 0.419. The molecule has 0 aliphatic rings. The van der Waals surface area contributed by atoms with E-state index in [9.17, 15) is 8.42 Å². The maximum Gasteiger partial charge on any atom is 0.264 e. The molecule has 0 amide bonds. The smallest absolute Gasteiger partial charge is 0.264 e. The van der Waals surface area contributed by atoms with Crippen molar-refractivity contribution in [1.82, 2.24) is 4.90 Å². The van der Waals surface area contributed by atoms with E-state index in [4.69, 9.17) is 0 Å². The average Bonchev–Trinajstić information content (AvgIpc) is 2.50. The highest BCUT2D eigenvalue weighted by Gasteiger charge is 2.25. The van der Waals surface area contributed by atoms with Crippen LogP contribution < -0.4 is 4.31 Å². The fourth-order valence-electron chi connectivity index (χ4n) is 2.27. The minimum absolute atomic E-state index is 0.336. The summed E-state index contributed by atoms with van der Waals surface area (Å²) >= 11 is 0. The molecule has 23 heavy (non-hydrogen) atoms. The predicted octanol–water partition coefficient (Wildman–Crippen LogP) is 3.06. The summed E-state index contributed by atoms with van der Waals surface area (Å²) in [7, 11) is 0.290. The number of sulfonamides is 1. The van der Waals surface area contributed by atoms with Gasteiger partial charge in [0, 0.05) is 13.1 Å². The number of benzene rings is 2. The molecule has 0 fully saturated rings. The van der Waals surface area contributed by atoms with E-state index >= 15 is 0 Å². The van der Waals surface area contributed by atoms with Gasteiger partial charge in [-0.25, -0.2) is 8.42 Å². The molecule has 0 atom stereocenters. The van der Waals surface area contributed by atoms with Gasteiger partial charge in [-0.1, -0.05) is 24.3 Å². The molecule has 0 radical (unpaired) electrons. The summed E-state index contributed by atoms with van der Waals surface area (Å²) in [5, 5.41) is 0. The van der Waals surface area contributed by atoms with Crippen molar-refractivity contribution in [3.8, 4) is 0 Å². The van der Waals surface area contributed by atoms with Crippen LogP contribution in [0.5, 0.6) is 0 Å². The molecule has 0 aliphatic heterocycles. The predicted molar refractivity (Wildman–Crippen MR) is 95.4 cm³/mol. The van der Waals surface area contributed by atoms with E-state index in [1.165, 1.54) is 4.31 Å². The van der Waals surface area contributed by atoms with Crippen molar-refractivity contribution in [2.45, 2.75) is 18.7 Å². The summed E-state index contributed by atoms with van der Waals surface area (Å²) in [6, 6.07) is 14.5. The van der Waals surface area contributed by atoms with Gasteiger partial charge in [-0.15, -0.1) is 0 Å². The van der Waals surface area contributed by atoms with Crippen LogP contribution in [0.15, 0.2) is 53.4 Å². The fourth-order valence-corrected chi connectivity index (χ4v) is 3.82. The van der Waals surface area contributed by atoms with E-state index in [2.05, 4.69) is 0 Å². The van der Waals surface area contributed by atoms with Gasteiger partial charge in [-0.3, -0.25) is 4.31 Å². The van der Waals surface area contributed by atoms with Crippen LogP contribution in [-0.4, -0.2) is 40.5 Å². The molecule has 0 aliphatic carbocycles. The first-order valence-corrected chi connectivity index (χ1v) is 9.06. The number of hydrogen-bond donors (Lipinski definition) is 0. The van der Waals surface area contributed by atoms with Crippen LogP contribution in [-0.2, 0) is 10.0 Å². The summed E-state index contributed by atoms with van der Waals surface area (Å²) in [6.45, 7) is 4.97. The van der Waals surface area contributed by atoms with Gasteiger partial charge in [-0.2, -0.15) is 0 Å². The third kappa shape index (κ3) is 4.12. The zero-order valence-electron chi connectivity index (χ0n) is 14.2. The molecule has 5 heteroatoms. The first-order valence-electron chi connectivity index (χ1n) is 7.62. The third-order valence-corrected chi connectivity index (χ3v) is 5.68. The van der Waals surface area contributed by atoms with Crippen molar-refractivity contribution in [3.63, 3.8) is 0 Å². The van der Waals surface area contributed by atoms with Gasteiger partial charge in [0.25, 0.3) is 10.0 Å². The van der Waals surface area contributed by atoms with E-state index in [0.29, 0.717) is 23.7 Å².